The minimum atomic E-state index is -1.16. The maximum Gasteiger partial charge on any atom is 0.337 e. The van der Waals surface area contributed by atoms with Gasteiger partial charge in [-0.2, -0.15) is 0 Å². The Morgan fingerprint density at radius 3 is 2.74 bits per heavy atom. The number of aliphatic hydroxyl groups is 1. The average Bonchev–Trinajstić information content (AvgIpc) is 2.57. The fourth-order valence-electron chi connectivity index (χ4n) is 2.90. The van der Waals surface area contributed by atoms with E-state index in [9.17, 15) is 19.5 Å². The van der Waals surface area contributed by atoms with Crippen LogP contribution in [0.1, 0.15) is 13.8 Å². The molecule has 3 unspecified atom stereocenters. The minimum Gasteiger partial charge on any atom is -0.460 e. The standard InChI is InChI=1S/C13H17NO5/c1-4-5-19-13(18)10-11(16)6(2)9-8(7(3)15)12(17)14(9)10/h4,6-10,15H,1,5H2,2-3H3/t6-,7-,8?,9?,10?/m1/s1. The Bertz CT molecular complexity index is 444. The van der Waals surface area contributed by atoms with Crippen molar-refractivity contribution in [2.75, 3.05) is 6.61 Å². The maximum atomic E-state index is 12.1. The molecule has 0 radical (unpaired) electrons. The van der Waals surface area contributed by atoms with E-state index in [4.69, 9.17) is 4.74 Å². The van der Waals surface area contributed by atoms with Crippen molar-refractivity contribution in [3.8, 4) is 0 Å². The third kappa shape index (κ3) is 1.87. The number of carbonyl (C=O) groups is 3. The van der Waals surface area contributed by atoms with E-state index < -0.39 is 36.0 Å². The van der Waals surface area contributed by atoms with Crippen LogP contribution >= 0.6 is 0 Å². The predicted octanol–water partition coefficient (Wildman–Crippen LogP) is -0.489. The molecule has 6 heteroatoms. The first-order valence-electron chi connectivity index (χ1n) is 6.23. The van der Waals surface area contributed by atoms with Gasteiger partial charge in [-0.15, -0.1) is 0 Å². The van der Waals surface area contributed by atoms with Crippen molar-refractivity contribution in [2.45, 2.75) is 32.0 Å². The summed E-state index contributed by atoms with van der Waals surface area (Å²) in [6.07, 6.45) is 0.571. The summed E-state index contributed by atoms with van der Waals surface area (Å²) in [5.74, 6) is -2.47. The van der Waals surface area contributed by atoms with Gasteiger partial charge in [-0.25, -0.2) is 4.79 Å². The molecule has 2 rings (SSSR count). The van der Waals surface area contributed by atoms with Gasteiger partial charge in [-0.1, -0.05) is 19.6 Å². The summed E-state index contributed by atoms with van der Waals surface area (Å²) in [5.41, 5.74) is 0. The first-order chi connectivity index (χ1) is 8.91. The molecular formula is C13H17NO5. The molecule has 0 aliphatic carbocycles. The minimum absolute atomic E-state index is 0.00349. The molecular weight excluding hydrogens is 250 g/mol. The Labute approximate surface area is 111 Å². The molecule has 19 heavy (non-hydrogen) atoms. The van der Waals surface area contributed by atoms with Crippen LogP contribution in [0.2, 0.25) is 0 Å². The molecule has 6 nitrogen and oxygen atoms in total. The van der Waals surface area contributed by atoms with Crippen molar-refractivity contribution in [3.63, 3.8) is 0 Å². The summed E-state index contributed by atoms with van der Waals surface area (Å²) in [4.78, 5) is 37.1. The van der Waals surface area contributed by atoms with Crippen LogP contribution in [0, 0.1) is 11.8 Å². The van der Waals surface area contributed by atoms with Gasteiger partial charge in [0.1, 0.15) is 6.61 Å². The largest absolute Gasteiger partial charge is 0.460 e. The van der Waals surface area contributed by atoms with E-state index in [1.165, 1.54) is 17.9 Å². The summed E-state index contributed by atoms with van der Waals surface area (Å²) >= 11 is 0. The number of ketones is 1. The summed E-state index contributed by atoms with van der Waals surface area (Å²) in [5, 5.41) is 9.57. The molecule has 0 aromatic carbocycles. The van der Waals surface area contributed by atoms with E-state index in [1.807, 2.05) is 0 Å². The van der Waals surface area contributed by atoms with E-state index in [2.05, 4.69) is 6.58 Å². The number of esters is 1. The lowest BCUT2D eigenvalue weighted by Gasteiger charge is -2.46. The molecule has 104 valence electrons. The van der Waals surface area contributed by atoms with Gasteiger partial charge in [-0.05, 0) is 6.92 Å². The number of β-lactam (4-membered cyclic amide) rings is 1. The molecule has 0 bridgehead atoms. The lowest BCUT2D eigenvalue weighted by Crippen LogP contribution is -2.65. The molecule has 1 amide bonds. The molecule has 2 aliphatic rings. The highest BCUT2D eigenvalue weighted by atomic mass is 16.5. The Hall–Kier alpha value is -1.69. The molecule has 2 fully saturated rings. The molecule has 2 heterocycles. The van der Waals surface area contributed by atoms with Crippen molar-refractivity contribution in [2.24, 2.45) is 11.8 Å². The first-order valence-corrected chi connectivity index (χ1v) is 6.23. The van der Waals surface area contributed by atoms with Crippen molar-refractivity contribution < 1.29 is 24.2 Å². The smallest absolute Gasteiger partial charge is 0.337 e. The molecule has 1 N–H and O–H groups in total. The third-order valence-corrected chi connectivity index (χ3v) is 3.82. The zero-order chi connectivity index (χ0) is 14.3. The van der Waals surface area contributed by atoms with E-state index in [-0.39, 0.29) is 18.3 Å². The van der Waals surface area contributed by atoms with Crippen LogP contribution in [0.3, 0.4) is 0 Å². The SMILES string of the molecule is C=CCOC(=O)C1C(=O)[C@H](C)C2C([C@@H](C)O)C(=O)N12. The second-order valence-electron chi connectivity index (χ2n) is 5.01. The highest BCUT2D eigenvalue weighted by molar-refractivity contribution is 6.12. The number of nitrogens with zero attached hydrogens (tertiary/aromatic N) is 1. The summed E-state index contributed by atoms with van der Waals surface area (Å²) in [6.45, 7) is 6.60. The zero-order valence-corrected chi connectivity index (χ0v) is 10.9. The van der Waals surface area contributed by atoms with Crippen LogP contribution in [0.25, 0.3) is 0 Å². The number of ether oxygens (including phenoxy) is 1. The predicted molar refractivity (Wildman–Crippen MR) is 64.9 cm³/mol. The molecule has 0 spiro atoms. The quantitative estimate of drug-likeness (QED) is 0.321. The second-order valence-corrected chi connectivity index (χ2v) is 5.01. The normalized spacial score (nSPS) is 34.6. The topological polar surface area (TPSA) is 83.9 Å². The lowest BCUT2D eigenvalue weighted by molar-refractivity contribution is -0.172. The molecule has 0 aromatic rings. The number of Topliss-reactive ketones (excluding diaryl/α,β-unsaturated/α-hetero) is 1. The molecule has 2 saturated heterocycles. The summed E-state index contributed by atoms with van der Waals surface area (Å²) < 4.78 is 4.86. The van der Waals surface area contributed by atoms with Gasteiger partial charge >= 0.3 is 5.97 Å². The Kier molecular flexibility index (Phi) is 3.45. The average molecular weight is 267 g/mol. The molecule has 2 aliphatic heterocycles. The van der Waals surface area contributed by atoms with Gasteiger partial charge in [-0.3, -0.25) is 9.59 Å². The van der Waals surface area contributed by atoms with Crippen molar-refractivity contribution in [3.05, 3.63) is 12.7 Å². The van der Waals surface area contributed by atoms with Crippen molar-refractivity contribution in [1.82, 2.24) is 4.90 Å². The number of fused-ring (bicyclic) bond motifs is 1. The fourth-order valence-corrected chi connectivity index (χ4v) is 2.90. The van der Waals surface area contributed by atoms with Gasteiger partial charge in [0.05, 0.1) is 18.1 Å². The zero-order valence-electron chi connectivity index (χ0n) is 10.9. The summed E-state index contributed by atoms with van der Waals surface area (Å²) in [7, 11) is 0. The lowest BCUT2D eigenvalue weighted by atomic mass is 9.79. The summed E-state index contributed by atoms with van der Waals surface area (Å²) in [6, 6.07) is -1.57. The van der Waals surface area contributed by atoms with Crippen LogP contribution in [-0.2, 0) is 19.1 Å². The van der Waals surface area contributed by atoms with Crippen molar-refractivity contribution >= 4 is 17.7 Å². The van der Waals surface area contributed by atoms with Crippen LogP contribution in [0.15, 0.2) is 12.7 Å². The molecule has 0 aromatic heterocycles. The van der Waals surface area contributed by atoms with E-state index >= 15 is 0 Å². The monoisotopic (exact) mass is 267 g/mol. The van der Waals surface area contributed by atoms with Gasteiger partial charge < -0.3 is 14.7 Å². The number of carbonyl (C=O) groups excluding carboxylic acids is 3. The first kappa shape index (κ1) is 13.7. The second kappa shape index (κ2) is 4.77. The highest BCUT2D eigenvalue weighted by Crippen LogP contribution is 2.43. The maximum absolute atomic E-state index is 12.1. The van der Waals surface area contributed by atoms with E-state index in [0.717, 1.165) is 0 Å². The highest BCUT2D eigenvalue weighted by Gasteiger charge is 2.64. The van der Waals surface area contributed by atoms with Crippen LogP contribution in [0.5, 0.6) is 0 Å². The van der Waals surface area contributed by atoms with Crippen LogP contribution < -0.4 is 0 Å². The van der Waals surface area contributed by atoms with Gasteiger partial charge in [0.2, 0.25) is 5.91 Å². The Morgan fingerprint density at radius 2 is 2.21 bits per heavy atom. The van der Waals surface area contributed by atoms with Gasteiger partial charge in [0.15, 0.2) is 11.8 Å². The van der Waals surface area contributed by atoms with Gasteiger partial charge in [0, 0.05) is 5.92 Å². The van der Waals surface area contributed by atoms with E-state index in [0.29, 0.717) is 0 Å². The van der Waals surface area contributed by atoms with E-state index in [1.54, 1.807) is 6.92 Å². The number of aliphatic hydroxyl groups excluding tert-OH is 1. The van der Waals surface area contributed by atoms with Gasteiger partial charge in [0.25, 0.3) is 0 Å². The van der Waals surface area contributed by atoms with Crippen LogP contribution in [-0.4, -0.2) is 52.5 Å². The Balaban J connectivity index is 2.20. The van der Waals surface area contributed by atoms with Crippen LogP contribution in [0.4, 0.5) is 0 Å². The Morgan fingerprint density at radius 1 is 1.58 bits per heavy atom. The fraction of sp³-hybridized carbons (Fsp3) is 0.615. The number of amides is 1. The third-order valence-electron chi connectivity index (χ3n) is 3.82. The molecule has 5 atom stereocenters. The number of hydrogen-bond acceptors (Lipinski definition) is 5. The number of hydrogen-bond donors (Lipinski definition) is 1. The number of rotatable bonds is 4. The van der Waals surface area contributed by atoms with Crippen molar-refractivity contribution in [1.29, 1.82) is 0 Å². The molecule has 0 saturated carbocycles.